The molecule has 0 saturated heterocycles. The van der Waals surface area contributed by atoms with Crippen molar-refractivity contribution in [1.29, 1.82) is 5.41 Å². The number of nitrogens with one attached hydrogen (secondary N) is 2. The molecular formula is C22H22F2N5O3P. The average molecular weight is 473 g/mol. The first-order chi connectivity index (χ1) is 15.7. The second-order valence-electron chi connectivity index (χ2n) is 6.76. The van der Waals surface area contributed by atoms with E-state index in [0.717, 1.165) is 15.9 Å². The fourth-order valence-corrected chi connectivity index (χ4v) is 2.96. The zero-order valence-corrected chi connectivity index (χ0v) is 19.1. The maximum Gasteiger partial charge on any atom is 0.346 e. The molecule has 1 unspecified atom stereocenters. The number of rotatable bonds is 7. The zero-order valence-electron chi connectivity index (χ0n) is 17.9. The summed E-state index contributed by atoms with van der Waals surface area (Å²) in [7, 11) is 4.98. The molecule has 0 fully saturated rings. The van der Waals surface area contributed by atoms with Crippen molar-refractivity contribution < 1.29 is 23.1 Å². The van der Waals surface area contributed by atoms with Crippen LogP contribution in [-0.4, -0.2) is 54.6 Å². The number of ether oxygens (including phenoxy) is 1. The van der Waals surface area contributed by atoms with Crippen molar-refractivity contribution in [3.05, 3.63) is 53.6 Å². The lowest BCUT2D eigenvalue weighted by molar-refractivity contribution is -0.115. The number of guanidine groups is 1. The Morgan fingerprint density at radius 2 is 2.00 bits per heavy atom. The van der Waals surface area contributed by atoms with Gasteiger partial charge in [-0.25, -0.2) is 13.6 Å². The van der Waals surface area contributed by atoms with Crippen LogP contribution in [0.3, 0.4) is 0 Å². The number of amides is 3. The molecule has 2 aromatic rings. The summed E-state index contributed by atoms with van der Waals surface area (Å²) < 4.78 is 32.6. The lowest BCUT2D eigenvalue weighted by Gasteiger charge is -2.22. The van der Waals surface area contributed by atoms with Crippen molar-refractivity contribution in [1.82, 2.24) is 9.80 Å². The SMILES string of the molecule is C#CC(=N)CN(C)C(=O)/N=C(/Nc1ccc(OC)cc1)N(C=O)Cc1cc(F)c(F)c(P)c1. The lowest BCUT2D eigenvalue weighted by atomic mass is 10.2. The normalized spacial score (nSPS) is 10.7. The van der Waals surface area contributed by atoms with Crippen LogP contribution in [0.2, 0.25) is 0 Å². The summed E-state index contributed by atoms with van der Waals surface area (Å²) in [6, 6.07) is 8.11. The predicted molar refractivity (Wildman–Crippen MR) is 126 cm³/mol. The fraction of sp³-hybridized carbons (Fsp3) is 0.182. The fourth-order valence-electron chi connectivity index (χ4n) is 2.61. The maximum atomic E-state index is 13.8. The molecule has 2 rings (SSSR count). The number of nitrogens with zero attached hydrogens (tertiary/aromatic N) is 3. The summed E-state index contributed by atoms with van der Waals surface area (Å²) >= 11 is 0. The zero-order chi connectivity index (χ0) is 24.5. The molecule has 11 heteroatoms. The molecule has 2 N–H and O–H groups in total. The van der Waals surface area contributed by atoms with Gasteiger partial charge >= 0.3 is 6.03 Å². The van der Waals surface area contributed by atoms with Crippen LogP contribution in [0.5, 0.6) is 5.75 Å². The second-order valence-corrected chi connectivity index (χ2v) is 7.39. The van der Waals surface area contributed by atoms with E-state index in [2.05, 4.69) is 25.5 Å². The number of hydrogen-bond acceptors (Lipinski definition) is 4. The smallest absolute Gasteiger partial charge is 0.346 e. The molecule has 0 radical (unpaired) electrons. The highest BCUT2D eigenvalue weighted by Gasteiger charge is 2.18. The minimum Gasteiger partial charge on any atom is -0.497 e. The van der Waals surface area contributed by atoms with Crippen LogP contribution in [0.1, 0.15) is 5.56 Å². The van der Waals surface area contributed by atoms with Gasteiger partial charge in [-0.3, -0.25) is 15.1 Å². The van der Waals surface area contributed by atoms with Crippen LogP contribution in [0.25, 0.3) is 0 Å². The van der Waals surface area contributed by atoms with Gasteiger partial charge in [-0.2, -0.15) is 4.99 Å². The van der Waals surface area contributed by atoms with Gasteiger partial charge in [0.2, 0.25) is 12.4 Å². The van der Waals surface area contributed by atoms with E-state index >= 15 is 0 Å². The van der Waals surface area contributed by atoms with Crippen LogP contribution in [0, 0.1) is 29.4 Å². The van der Waals surface area contributed by atoms with Crippen molar-refractivity contribution in [3.63, 3.8) is 0 Å². The Morgan fingerprint density at radius 3 is 2.55 bits per heavy atom. The average Bonchev–Trinajstić information content (AvgIpc) is 2.80. The number of anilines is 1. The number of hydrogen-bond donors (Lipinski definition) is 2. The van der Waals surface area contributed by atoms with Gasteiger partial charge in [0.25, 0.3) is 0 Å². The number of aliphatic imine (C=N–C) groups is 1. The molecule has 1 atom stereocenters. The first kappa shape index (κ1) is 25.4. The highest BCUT2D eigenvalue weighted by Crippen LogP contribution is 2.17. The van der Waals surface area contributed by atoms with Gasteiger partial charge in [0.05, 0.1) is 20.2 Å². The number of methoxy groups -OCH3 is 1. The quantitative estimate of drug-likeness (QED) is 0.212. The molecular weight excluding hydrogens is 451 g/mol. The van der Waals surface area contributed by atoms with Gasteiger partial charge in [0, 0.05) is 18.0 Å². The van der Waals surface area contributed by atoms with Crippen LogP contribution in [0.4, 0.5) is 19.3 Å². The summed E-state index contributed by atoms with van der Waals surface area (Å²) in [4.78, 5) is 30.5. The number of urea groups is 1. The van der Waals surface area contributed by atoms with Crippen molar-refractivity contribution in [2.24, 2.45) is 4.99 Å². The van der Waals surface area contributed by atoms with Crippen LogP contribution in [-0.2, 0) is 11.3 Å². The number of terminal acetylenes is 1. The highest BCUT2D eigenvalue weighted by molar-refractivity contribution is 7.27. The van der Waals surface area contributed by atoms with Gasteiger partial charge in [-0.15, -0.1) is 15.7 Å². The molecule has 3 amide bonds. The number of benzene rings is 2. The number of carbonyl (C=O) groups is 2. The van der Waals surface area contributed by atoms with E-state index in [-0.39, 0.29) is 35.6 Å². The van der Waals surface area contributed by atoms with Crippen molar-refractivity contribution in [2.75, 3.05) is 26.0 Å². The number of halogens is 2. The maximum absolute atomic E-state index is 13.8. The third-order valence-electron chi connectivity index (χ3n) is 4.31. The van der Waals surface area contributed by atoms with E-state index in [1.807, 2.05) is 0 Å². The lowest BCUT2D eigenvalue weighted by Crippen LogP contribution is -2.38. The Kier molecular flexibility index (Phi) is 9.01. The molecule has 172 valence electrons. The monoisotopic (exact) mass is 473 g/mol. The van der Waals surface area contributed by atoms with Gasteiger partial charge < -0.3 is 15.0 Å². The first-order valence-electron chi connectivity index (χ1n) is 9.42. The minimum atomic E-state index is -1.08. The summed E-state index contributed by atoms with van der Waals surface area (Å²) in [6.45, 7) is -0.364. The Bertz CT molecular complexity index is 1090. The van der Waals surface area contributed by atoms with Gasteiger partial charge in [-0.1, -0.05) is 5.92 Å². The Balaban J connectivity index is 2.39. The molecule has 8 nitrogen and oxygen atoms in total. The second kappa shape index (κ2) is 11.7. The van der Waals surface area contributed by atoms with Gasteiger partial charge in [0.1, 0.15) is 11.5 Å². The topological polar surface area (TPSA) is 98.1 Å². The van der Waals surface area contributed by atoms with Gasteiger partial charge in [-0.05, 0) is 42.0 Å². The van der Waals surface area contributed by atoms with E-state index < -0.39 is 17.7 Å². The molecule has 0 aliphatic heterocycles. The van der Waals surface area contributed by atoms with Gasteiger partial charge in [0.15, 0.2) is 11.6 Å². The third kappa shape index (κ3) is 7.09. The molecule has 33 heavy (non-hydrogen) atoms. The molecule has 0 spiro atoms. The Labute approximate surface area is 192 Å². The third-order valence-corrected chi connectivity index (χ3v) is 4.73. The standard InChI is InChI=1S/C22H22F2N5O3P/c1-4-15(25)12-28(2)22(31)27-21(26-16-5-7-17(32-3)8-6-16)29(13-30)11-14-9-18(23)20(24)19(33)10-14/h1,5-10,13,25H,11-12,33H2,2-3H3,(H,26,27,31). The summed E-state index contributed by atoms with van der Waals surface area (Å²) in [6.07, 6.45) is 5.55. The minimum absolute atomic E-state index is 0.0129. The molecule has 0 heterocycles. The van der Waals surface area contributed by atoms with E-state index in [4.69, 9.17) is 16.6 Å². The van der Waals surface area contributed by atoms with Crippen molar-refractivity contribution >= 4 is 44.3 Å². The Hall–Kier alpha value is -3.83. The summed E-state index contributed by atoms with van der Waals surface area (Å²) in [5.74, 6) is 0.441. The van der Waals surface area contributed by atoms with E-state index in [9.17, 15) is 18.4 Å². The van der Waals surface area contributed by atoms with E-state index in [1.54, 1.807) is 24.3 Å². The molecule has 0 saturated carbocycles. The van der Waals surface area contributed by atoms with Crippen LogP contribution in [0.15, 0.2) is 41.4 Å². The van der Waals surface area contributed by atoms with Crippen LogP contribution >= 0.6 is 9.24 Å². The number of carbonyl (C=O) groups excluding carboxylic acids is 2. The highest BCUT2D eigenvalue weighted by atomic mass is 31.0. The van der Waals surface area contributed by atoms with E-state index in [1.165, 1.54) is 20.2 Å². The van der Waals surface area contributed by atoms with Crippen LogP contribution < -0.4 is 15.4 Å². The summed E-state index contributed by atoms with van der Waals surface area (Å²) in [5, 5.41) is 10.4. The van der Waals surface area contributed by atoms with E-state index in [0.29, 0.717) is 17.8 Å². The van der Waals surface area contributed by atoms with Crippen molar-refractivity contribution in [2.45, 2.75) is 6.54 Å². The Morgan fingerprint density at radius 1 is 1.33 bits per heavy atom. The molecule has 0 aliphatic carbocycles. The van der Waals surface area contributed by atoms with Crippen molar-refractivity contribution in [3.8, 4) is 18.1 Å². The molecule has 0 aliphatic rings. The molecule has 0 aromatic heterocycles. The summed E-state index contributed by atoms with van der Waals surface area (Å²) in [5.41, 5.74) is 0.614. The predicted octanol–water partition coefficient (Wildman–Crippen LogP) is 2.61. The first-order valence-corrected chi connectivity index (χ1v) is 10.0. The molecule has 2 aromatic carbocycles. The largest absolute Gasteiger partial charge is 0.497 e. The molecule has 0 bridgehead atoms.